The fraction of sp³-hybridized carbons (Fsp3) is 0.450. The van der Waals surface area contributed by atoms with Crippen molar-refractivity contribution in [1.82, 2.24) is 24.8 Å². The monoisotopic (exact) mass is 402 g/mol. The first kappa shape index (κ1) is 20.4. The number of nitrogens with one attached hydrogen (secondary N) is 1. The molecule has 3 aromatic rings. The molecule has 0 spiro atoms. The number of nitrogen functional groups attached to an aromatic ring is 1. The summed E-state index contributed by atoms with van der Waals surface area (Å²) in [6.45, 7) is 9.83. The Balaban J connectivity index is 2.04. The van der Waals surface area contributed by atoms with Crippen molar-refractivity contribution in [2.45, 2.75) is 46.7 Å². The highest BCUT2D eigenvalue weighted by atomic mass is 35.5. The van der Waals surface area contributed by atoms with Gasteiger partial charge in [0.2, 0.25) is 5.95 Å². The molecule has 0 aliphatic rings. The first-order chi connectivity index (χ1) is 13.3. The Labute approximate surface area is 170 Å². The van der Waals surface area contributed by atoms with Crippen LogP contribution in [0.15, 0.2) is 12.4 Å². The quantitative estimate of drug-likeness (QED) is 0.589. The van der Waals surface area contributed by atoms with Crippen molar-refractivity contribution in [1.29, 1.82) is 0 Å². The van der Waals surface area contributed by atoms with Crippen LogP contribution >= 0.6 is 11.6 Å². The van der Waals surface area contributed by atoms with Gasteiger partial charge in [-0.1, -0.05) is 25.4 Å². The predicted molar refractivity (Wildman–Crippen MR) is 113 cm³/mol. The lowest BCUT2D eigenvalue weighted by Crippen LogP contribution is -2.26. The Hall–Kier alpha value is -2.38. The zero-order chi connectivity index (χ0) is 20.4. The molecule has 0 unspecified atom stereocenters. The largest absolute Gasteiger partial charge is 0.496 e. The van der Waals surface area contributed by atoms with Gasteiger partial charge < -0.3 is 20.4 Å². The molecule has 28 heavy (non-hydrogen) atoms. The van der Waals surface area contributed by atoms with Crippen LogP contribution in [0.5, 0.6) is 5.75 Å². The van der Waals surface area contributed by atoms with Crippen molar-refractivity contribution in [2.75, 3.05) is 19.4 Å². The summed E-state index contributed by atoms with van der Waals surface area (Å²) in [7, 11) is 1.68. The molecule has 3 heterocycles. The Morgan fingerprint density at radius 1 is 1.29 bits per heavy atom. The summed E-state index contributed by atoms with van der Waals surface area (Å²) in [6, 6.07) is 0.413. The van der Waals surface area contributed by atoms with Crippen LogP contribution in [-0.4, -0.2) is 39.2 Å². The third-order valence-electron chi connectivity index (χ3n) is 4.77. The highest BCUT2D eigenvalue weighted by Gasteiger charge is 2.18. The molecule has 0 saturated heterocycles. The summed E-state index contributed by atoms with van der Waals surface area (Å²) >= 11 is 6.42. The number of pyridine rings is 1. The highest BCUT2D eigenvalue weighted by Crippen LogP contribution is 2.30. The minimum atomic E-state index is 0.169. The summed E-state index contributed by atoms with van der Waals surface area (Å²) in [6.07, 6.45) is 4.51. The van der Waals surface area contributed by atoms with Gasteiger partial charge in [-0.25, -0.2) is 4.98 Å². The molecular formula is C20H27ClN6O. The number of aromatic nitrogens is 4. The fourth-order valence-electron chi connectivity index (χ4n) is 3.45. The molecule has 0 amide bonds. The molecule has 0 saturated carbocycles. The molecule has 0 radical (unpaired) electrons. The van der Waals surface area contributed by atoms with Gasteiger partial charge >= 0.3 is 0 Å². The second-order valence-corrected chi connectivity index (χ2v) is 7.61. The number of nitrogens with two attached hydrogens (primary N) is 1. The maximum absolute atomic E-state index is 6.42. The molecule has 0 aromatic carbocycles. The molecule has 7 nitrogen and oxygen atoms in total. The third kappa shape index (κ3) is 4.05. The third-order valence-corrected chi connectivity index (χ3v) is 5.04. The van der Waals surface area contributed by atoms with Gasteiger partial charge in [0.1, 0.15) is 11.3 Å². The van der Waals surface area contributed by atoms with Gasteiger partial charge in [0.15, 0.2) is 5.15 Å². The van der Waals surface area contributed by atoms with Crippen molar-refractivity contribution >= 4 is 28.6 Å². The Morgan fingerprint density at radius 2 is 2.04 bits per heavy atom. The van der Waals surface area contributed by atoms with Gasteiger partial charge in [0.05, 0.1) is 18.3 Å². The Bertz CT molecular complexity index is 998. The molecule has 0 bridgehead atoms. The average molecular weight is 403 g/mol. The fourth-order valence-corrected chi connectivity index (χ4v) is 3.73. The lowest BCUT2D eigenvalue weighted by molar-refractivity contribution is 0.407. The summed E-state index contributed by atoms with van der Waals surface area (Å²) in [5.41, 5.74) is 11.4. The van der Waals surface area contributed by atoms with E-state index in [0.717, 1.165) is 52.3 Å². The summed E-state index contributed by atoms with van der Waals surface area (Å²) in [5.74, 6) is 1.03. The van der Waals surface area contributed by atoms with E-state index < -0.39 is 0 Å². The van der Waals surface area contributed by atoms with Gasteiger partial charge in [0, 0.05) is 54.6 Å². The first-order valence-electron chi connectivity index (χ1n) is 9.35. The standard InChI is InChI=1S/C20H27ClN6O/c1-11(2)23-6-7-27-10-14(16-17(27)19(21)26-20(22)25-16)8-15-13(4)18(28-5)12(3)9-24-15/h9-11,23H,6-8H2,1-5H3,(H2,22,25,26). The van der Waals surface area contributed by atoms with E-state index in [0.29, 0.717) is 17.6 Å². The van der Waals surface area contributed by atoms with Crippen molar-refractivity contribution < 1.29 is 4.74 Å². The van der Waals surface area contributed by atoms with Crippen LogP contribution in [0.25, 0.3) is 11.0 Å². The van der Waals surface area contributed by atoms with Crippen LogP contribution in [-0.2, 0) is 13.0 Å². The molecule has 8 heteroatoms. The maximum atomic E-state index is 6.42. The number of hydrogen-bond acceptors (Lipinski definition) is 6. The molecule has 0 aliphatic heterocycles. The number of ether oxygens (including phenoxy) is 1. The van der Waals surface area contributed by atoms with E-state index >= 15 is 0 Å². The molecule has 0 fully saturated rings. The average Bonchev–Trinajstić information content (AvgIpc) is 2.95. The van der Waals surface area contributed by atoms with Crippen LogP contribution < -0.4 is 15.8 Å². The van der Waals surface area contributed by atoms with E-state index in [2.05, 4.69) is 44.9 Å². The van der Waals surface area contributed by atoms with Crippen LogP contribution in [0.1, 0.15) is 36.2 Å². The van der Waals surface area contributed by atoms with Gasteiger partial charge in [-0.2, -0.15) is 4.98 Å². The number of hydrogen-bond donors (Lipinski definition) is 2. The number of methoxy groups -OCH3 is 1. The molecular weight excluding hydrogens is 376 g/mol. The summed E-state index contributed by atoms with van der Waals surface area (Å²) in [4.78, 5) is 13.2. The van der Waals surface area contributed by atoms with Crippen molar-refractivity contribution in [3.63, 3.8) is 0 Å². The van der Waals surface area contributed by atoms with Crippen LogP contribution in [0, 0.1) is 13.8 Å². The van der Waals surface area contributed by atoms with E-state index in [4.69, 9.17) is 22.1 Å². The second-order valence-electron chi connectivity index (χ2n) is 7.25. The molecule has 0 atom stereocenters. The number of halogens is 1. The van der Waals surface area contributed by atoms with E-state index in [1.165, 1.54) is 0 Å². The molecule has 3 aromatic heterocycles. The van der Waals surface area contributed by atoms with Gasteiger partial charge in [-0.15, -0.1) is 0 Å². The van der Waals surface area contributed by atoms with Crippen LogP contribution in [0.2, 0.25) is 5.15 Å². The van der Waals surface area contributed by atoms with E-state index in [1.807, 2.05) is 20.0 Å². The second kappa shape index (κ2) is 8.32. The predicted octanol–water partition coefficient (Wildman–Crippen LogP) is 3.28. The van der Waals surface area contributed by atoms with E-state index in [-0.39, 0.29) is 5.95 Å². The first-order valence-corrected chi connectivity index (χ1v) is 9.72. The normalized spacial score (nSPS) is 11.5. The number of rotatable bonds is 7. The van der Waals surface area contributed by atoms with Crippen molar-refractivity contribution in [3.05, 3.63) is 39.9 Å². The zero-order valence-electron chi connectivity index (χ0n) is 17.0. The lowest BCUT2D eigenvalue weighted by Gasteiger charge is -2.11. The molecule has 3 N–H and O–H groups in total. The van der Waals surface area contributed by atoms with Crippen LogP contribution in [0.4, 0.5) is 5.95 Å². The molecule has 3 rings (SSSR count). The topological polar surface area (TPSA) is 90.9 Å². The SMILES string of the molecule is COc1c(C)cnc(Cc2cn(CCNC(C)C)c3c(Cl)nc(N)nc23)c1C. The maximum Gasteiger partial charge on any atom is 0.222 e. The highest BCUT2D eigenvalue weighted by molar-refractivity contribution is 6.33. The van der Waals surface area contributed by atoms with Gasteiger partial charge in [0.25, 0.3) is 0 Å². The molecule has 0 aliphatic carbocycles. The Kier molecular flexibility index (Phi) is 6.05. The number of anilines is 1. The Morgan fingerprint density at radius 3 is 2.71 bits per heavy atom. The number of nitrogens with zero attached hydrogens (tertiary/aromatic N) is 4. The van der Waals surface area contributed by atoms with Crippen LogP contribution in [0.3, 0.4) is 0 Å². The lowest BCUT2D eigenvalue weighted by atomic mass is 10.1. The van der Waals surface area contributed by atoms with Crippen molar-refractivity contribution in [2.24, 2.45) is 0 Å². The minimum absolute atomic E-state index is 0.169. The zero-order valence-corrected chi connectivity index (χ0v) is 17.8. The van der Waals surface area contributed by atoms with Gasteiger partial charge in [-0.05, 0) is 13.8 Å². The smallest absolute Gasteiger partial charge is 0.222 e. The van der Waals surface area contributed by atoms with Gasteiger partial charge in [-0.3, -0.25) is 4.98 Å². The number of aryl methyl sites for hydroxylation is 1. The number of fused-ring (bicyclic) bond motifs is 1. The van der Waals surface area contributed by atoms with E-state index in [1.54, 1.807) is 7.11 Å². The summed E-state index contributed by atoms with van der Waals surface area (Å²) in [5, 5.41) is 3.79. The summed E-state index contributed by atoms with van der Waals surface area (Å²) < 4.78 is 7.63. The minimum Gasteiger partial charge on any atom is -0.496 e. The molecule has 150 valence electrons. The van der Waals surface area contributed by atoms with E-state index in [9.17, 15) is 0 Å². The van der Waals surface area contributed by atoms with Crippen molar-refractivity contribution in [3.8, 4) is 5.75 Å².